The van der Waals surface area contributed by atoms with Crippen molar-refractivity contribution in [1.82, 2.24) is 0 Å². The molecule has 118 valence electrons. The van der Waals surface area contributed by atoms with E-state index >= 15 is 0 Å². The van der Waals surface area contributed by atoms with Gasteiger partial charge in [0.05, 0.1) is 10.6 Å². The summed E-state index contributed by atoms with van der Waals surface area (Å²) in [5, 5.41) is 3.57. The van der Waals surface area contributed by atoms with E-state index in [-0.39, 0.29) is 5.75 Å². The van der Waals surface area contributed by atoms with Crippen molar-refractivity contribution in [3.63, 3.8) is 0 Å². The van der Waals surface area contributed by atoms with Crippen LogP contribution in [0.3, 0.4) is 0 Å². The van der Waals surface area contributed by atoms with Crippen LogP contribution in [0.5, 0.6) is 0 Å². The summed E-state index contributed by atoms with van der Waals surface area (Å²) in [4.78, 5) is 0.416. The molecule has 1 saturated carbocycles. The van der Waals surface area contributed by atoms with Gasteiger partial charge in [-0.05, 0) is 48.9 Å². The molecule has 1 aromatic carbocycles. The molecule has 4 heteroatoms. The van der Waals surface area contributed by atoms with Gasteiger partial charge in [-0.15, -0.1) is 0 Å². The number of anilines is 1. The van der Waals surface area contributed by atoms with Gasteiger partial charge < -0.3 is 5.32 Å². The van der Waals surface area contributed by atoms with Crippen molar-refractivity contribution >= 4 is 15.5 Å². The maximum atomic E-state index is 11.8. The van der Waals surface area contributed by atoms with Crippen LogP contribution in [0.4, 0.5) is 5.69 Å². The zero-order chi connectivity index (χ0) is 15.5. The van der Waals surface area contributed by atoms with Gasteiger partial charge in [-0.1, -0.05) is 33.6 Å². The first kappa shape index (κ1) is 16.3. The Hall–Kier alpha value is -1.03. The maximum Gasteiger partial charge on any atom is 0.178 e. The van der Waals surface area contributed by atoms with Gasteiger partial charge in [0.25, 0.3) is 0 Å². The molecule has 0 aromatic heterocycles. The SMILES string of the molecule is CCS(=O)(=O)c1ccc(NC2CCCC(C(C)C)C2)cc1. The molecule has 2 unspecified atom stereocenters. The predicted octanol–water partition coefficient (Wildman–Crippen LogP) is 4.11. The number of hydrogen-bond donors (Lipinski definition) is 1. The Kier molecular flexibility index (Phi) is 5.31. The van der Waals surface area contributed by atoms with Gasteiger partial charge in [-0.25, -0.2) is 8.42 Å². The first-order chi connectivity index (χ1) is 9.92. The predicted molar refractivity (Wildman–Crippen MR) is 88.4 cm³/mol. The zero-order valence-electron chi connectivity index (χ0n) is 13.3. The summed E-state index contributed by atoms with van der Waals surface area (Å²) in [6.45, 7) is 6.28. The molecule has 2 rings (SSSR count). The third-order valence-electron chi connectivity index (χ3n) is 4.62. The fourth-order valence-corrected chi connectivity index (χ4v) is 4.01. The minimum atomic E-state index is -3.10. The van der Waals surface area contributed by atoms with E-state index in [1.165, 1.54) is 25.7 Å². The highest BCUT2D eigenvalue weighted by Crippen LogP contribution is 2.31. The Balaban J connectivity index is 2.00. The lowest BCUT2D eigenvalue weighted by atomic mass is 9.79. The lowest BCUT2D eigenvalue weighted by Crippen LogP contribution is -2.29. The third kappa shape index (κ3) is 4.22. The number of rotatable bonds is 5. The molecular formula is C17H27NO2S. The monoisotopic (exact) mass is 309 g/mol. The molecule has 0 amide bonds. The number of hydrogen-bond acceptors (Lipinski definition) is 3. The average molecular weight is 309 g/mol. The van der Waals surface area contributed by atoms with E-state index < -0.39 is 9.84 Å². The molecule has 0 bridgehead atoms. The van der Waals surface area contributed by atoms with Crippen molar-refractivity contribution in [2.24, 2.45) is 11.8 Å². The van der Waals surface area contributed by atoms with Crippen LogP contribution in [-0.4, -0.2) is 20.2 Å². The lowest BCUT2D eigenvalue weighted by Gasteiger charge is -2.32. The van der Waals surface area contributed by atoms with Crippen molar-refractivity contribution in [3.05, 3.63) is 24.3 Å². The van der Waals surface area contributed by atoms with E-state index in [2.05, 4.69) is 19.2 Å². The molecule has 1 fully saturated rings. The Morgan fingerprint density at radius 1 is 1.19 bits per heavy atom. The van der Waals surface area contributed by atoms with Crippen LogP contribution >= 0.6 is 0 Å². The topological polar surface area (TPSA) is 46.2 Å². The molecule has 0 aliphatic heterocycles. The normalized spacial score (nSPS) is 23.2. The standard InChI is InChI=1S/C17H27NO2S/c1-4-21(19,20)17-10-8-15(9-11-17)18-16-7-5-6-14(12-16)13(2)3/h8-11,13-14,16,18H,4-7,12H2,1-3H3. The molecule has 3 nitrogen and oxygen atoms in total. The van der Waals surface area contributed by atoms with Crippen molar-refractivity contribution < 1.29 is 8.42 Å². The fourth-order valence-electron chi connectivity index (χ4n) is 3.13. The Bertz CT molecular complexity index is 549. The number of benzene rings is 1. The first-order valence-corrected chi connectivity index (χ1v) is 9.67. The summed E-state index contributed by atoms with van der Waals surface area (Å²) in [5.74, 6) is 1.70. The minimum Gasteiger partial charge on any atom is -0.382 e. The van der Waals surface area contributed by atoms with Crippen LogP contribution in [0.25, 0.3) is 0 Å². The molecule has 0 spiro atoms. The molecule has 0 radical (unpaired) electrons. The second kappa shape index (κ2) is 6.82. The van der Waals surface area contributed by atoms with Crippen LogP contribution < -0.4 is 5.32 Å². The lowest BCUT2D eigenvalue weighted by molar-refractivity contribution is 0.264. The minimum absolute atomic E-state index is 0.151. The highest BCUT2D eigenvalue weighted by Gasteiger charge is 2.24. The Labute approximate surface area is 129 Å². The molecule has 0 saturated heterocycles. The quantitative estimate of drug-likeness (QED) is 0.890. The summed E-state index contributed by atoms with van der Waals surface area (Å²) in [7, 11) is -3.10. The van der Waals surface area contributed by atoms with E-state index in [1.807, 2.05) is 12.1 Å². The summed E-state index contributed by atoms with van der Waals surface area (Å²) in [6.07, 6.45) is 5.04. The Morgan fingerprint density at radius 3 is 2.43 bits per heavy atom. The smallest absolute Gasteiger partial charge is 0.178 e. The summed E-state index contributed by atoms with van der Waals surface area (Å²) >= 11 is 0. The van der Waals surface area contributed by atoms with Gasteiger partial charge in [-0.3, -0.25) is 0 Å². The number of sulfone groups is 1. The largest absolute Gasteiger partial charge is 0.382 e. The number of nitrogens with one attached hydrogen (secondary N) is 1. The van der Waals surface area contributed by atoms with Crippen molar-refractivity contribution in [2.75, 3.05) is 11.1 Å². The molecule has 1 aromatic rings. The second-order valence-corrected chi connectivity index (χ2v) is 8.72. The zero-order valence-corrected chi connectivity index (χ0v) is 14.1. The third-order valence-corrected chi connectivity index (χ3v) is 6.37. The molecule has 1 N–H and O–H groups in total. The van der Waals surface area contributed by atoms with Gasteiger partial charge in [0.1, 0.15) is 0 Å². The van der Waals surface area contributed by atoms with E-state index in [1.54, 1.807) is 19.1 Å². The van der Waals surface area contributed by atoms with Gasteiger partial charge in [0.15, 0.2) is 9.84 Å². The summed E-state index contributed by atoms with van der Waals surface area (Å²) in [6, 6.07) is 7.72. The molecule has 1 aliphatic carbocycles. The van der Waals surface area contributed by atoms with Crippen LogP contribution in [0, 0.1) is 11.8 Å². The van der Waals surface area contributed by atoms with E-state index in [9.17, 15) is 8.42 Å². The van der Waals surface area contributed by atoms with E-state index in [0.29, 0.717) is 10.9 Å². The molecular weight excluding hydrogens is 282 g/mol. The molecule has 1 aliphatic rings. The highest BCUT2D eigenvalue weighted by atomic mass is 32.2. The van der Waals surface area contributed by atoms with Gasteiger partial charge in [-0.2, -0.15) is 0 Å². The van der Waals surface area contributed by atoms with Crippen LogP contribution in [0.1, 0.15) is 46.5 Å². The van der Waals surface area contributed by atoms with Crippen LogP contribution in [0.15, 0.2) is 29.2 Å². The first-order valence-electron chi connectivity index (χ1n) is 8.01. The van der Waals surface area contributed by atoms with E-state index in [4.69, 9.17) is 0 Å². The second-order valence-electron chi connectivity index (χ2n) is 6.44. The summed E-state index contributed by atoms with van der Waals surface area (Å²) < 4.78 is 23.6. The molecule has 2 atom stereocenters. The molecule has 21 heavy (non-hydrogen) atoms. The summed E-state index contributed by atoms with van der Waals surface area (Å²) in [5.41, 5.74) is 1.03. The Morgan fingerprint density at radius 2 is 1.86 bits per heavy atom. The van der Waals surface area contributed by atoms with Gasteiger partial charge >= 0.3 is 0 Å². The van der Waals surface area contributed by atoms with Crippen LogP contribution in [-0.2, 0) is 9.84 Å². The van der Waals surface area contributed by atoms with Gasteiger partial charge in [0.2, 0.25) is 0 Å². The van der Waals surface area contributed by atoms with Crippen LogP contribution in [0.2, 0.25) is 0 Å². The molecule has 0 heterocycles. The van der Waals surface area contributed by atoms with Gasteiger partial charge in [0, 0.05) is 11.7 Å². The highest BCUT2D eigenvalue weighted by molar-refractivity contribution is 7.91. The van der Waals surface area contributed by atoms with Crippen molar-refractivity contribution in [2.45, 2.75) is 57.4 Å². The van der Waals surface area contributed by atoms with Crippen molar-refractivity contribution in [3.8, 4) is 0 Å². The fraction of sp³-hybridized carbons (Fsp3) is 0.647. The maximum absolute atomic E-state index is 11.8. The van der Waals surface area contributed by atoms with Crippen molar-refractivity contribution in [1.29, 1.82) is 0 Å². The average Bonchev–Trinajstić information content (AvgIpc) is 2.48. The van der Waals surface area contributed by atoms with E-state index in [0.717, 1.165) is 17.5 Å².